The second-order valence-corrected chi connectivity index (χ2v) is 127. The van der Waals surface area contributed by atoms with E-state index in [2.05, 4.69) is 89.7 Å². The number of carbonyl (C=O) groups excluding carboxylic acids is 5. The van der Waals surface area contributed by atoms with E-state index in [1.165, 1.54) is 31.5 Å². The van der Waals surface area contributed by atoms with Crippen LogP contribution in [0.15, 0.2) is 70.2 Å². The van der Waals surface area contributed by atoms with Crippen LogP contribution in [0.5, 0.6) is 23.1 Å². The predicted molar refractivity (Wildman–Crippen MR) is 297 cm³/mol. The van der Waals surface area contributed by atoms with Gasteiger partial charge in [-0.2, -0.15) is 30.7 Å². The third-order valence-electron chi connectivity index (χ3n) is 8.65. The number of aromatic nitrogens is 1. The number of pyridine rings is 1. The van der Waals surface area contributed by atoms with E-state index in [9.17, 15) is 41.5 Å². The number of hydrogen-bond donors (Lipinski definition) is 0. The first-order valence-corrected chi connectivity index (χ1v) is 56.1. The second kappa shape index (κ2) is 28.6. The van der Waals surface area contributed by atoms with Crippen molar-refractivity contribution in [2.24, 2.45) is 16.1 Å². The Hall–Kier alpha value is -2.43. The molecule has 0 N–H and O–H groups in total. The van der Waals surface area contributed by atoms with E-state index in [-0.39, 0.29) is 77.6 Å². The summed E-state index contributed by atoms with van der Waals surface area (Å²) in [5.74, 6) is -8.56. The van der Waals surface area contributed by atoms with Crippen LogP contribution in [-0.4, -0.2) is 52.7 Å². The first kappa shape index (κ1) is 61.7. The van der Waals surface area contributed by atoms with Crippen molar-refractivity contribution in [2.75, 3.05) is 17.1 Å². The van der Waals surface area contributed by atoms with Crippen molar-refractivity contribution >= 4 is 142 Å². The number of amides is 2. The molecule has 3 aromatic rings. The van der Waals surface area contributed by atoms with E-state index in [1.54, 1.807) is 12.1 Å². The number of ether oxygens (including phenoxy) is 3. The molecular formula is C42H39F4I7N7O8-. The number of hydrazone groups is 2. The molecule has 15 nitrogen and oxygen atoms in total. The van der Waals surface area contributed by atoms with Gasteiger partial charge in [-0.3, -0.25) is 24.0 Å². The van der Waals surface area contributed by atoms with E-state index >= 15 is 0 Å². The molecule has 0 radical (unpaired) electrons. The zero-order valence-electron chi connectivity index (χ0n) is 34.4. The minimum atomic E-state index is -1.12. The monoisotopic (exact) mass is 1730 g/mol. The van der Waals surface area contributed by atoms with Crippen molar-refractivity contribution < 1.29 is 69.0 Å². The Morgan fingerprint density at radius 2 is 1.19 bits per heavy atom. The van der Waals surface area contributed by atoms with Gasteiger partial charge in [0.05, 0.1) is 37.5 Å². The topological polar surface area (TPSA) is 205 Å². The third kappa shape index (κ3) is 16.3. The number of hydrogen-bond acceptors (Lipinski definition) is 13. The van der Waals surface area contributed by atoms with Crippen LogP contribution in [0.25, 0.3) is 0 Å². The van der Waals surface area contributed by atoms with E-state index in [0.29, 0.717) is 40.3 Å². The Balaban J connectivity index is 0.000000399. The number of benzene rings is 2. The van der Waals surface area contributed by atoms with Crippen LogP contribution in [0, 0.1) is 51.8 Å². The van der Waals surface area contributed by atoms with Crippen molar-refractivity contribution in [3.05, 3.63) is 88.8 Å². The summed E-state index contributed by atoms with van der Waals surface area (Å²) in [6.07, 6.45) is 2.93. The average molecular weight is 1730 g/mol. The Kier molecular flexibility index (Phi) is 25.9. The fourth-order valence-corrected chi connectivity index (χ4v) is 215. The maximum atomic E-state index is 14.6. The molecule has 68 heavy (non-hydrogen) atoms. The standard InChI is InChI=1S/C20H16F2N4O4.C20H15F2N3O4.2CH4.I7/c1-10(2)13-6-12(9-24-20(13)29-3)30-19-14(21)4-11(5-15(19)22)26-18(28)7-17(27)16(8-23)25-26;1-10(2)13-7-12(3-4-17(13)26)29-20-14(21)5-11(6-15(20)22)25-19(28)8-18(27)16(9-23)24-25;;;1-5-7(4)6(2)3/h4-6,9-10H,7H2,1-3H3;3,5-7,10H,4,8H2,1-2H3;2*1H4;/q;;;;-1. The van der Waals surface area contributed by atoms with E-state index in [4.69, 9.17) is 24.7 Å². The Morgan fingerprint density at radius 1 is 0.735 bits per heavy atom. The normalized spacial score (nSPS) is 14.9. The van der Waals surface area contributed by atoms with Gasteiger partial charge in [0.25, 0.3) is 11.8 Å². The van der Waals surface area contributed by atoms with Crippen LogP contribution >= 0.6 is 90.3 Å². The summed E-state index contributed by atoms with van der Waals surface area (Å²) in [5.41, 5.74) is -0.450. The molecule has 0 bridgehead atoms. The number of carbonyl (C=O) groups is 5. The summed E-state index contributed by atoms with van der Waals surface area (Å²) in [7, 11) is 0.970. The van der Waals surface area contributed by atoms with Gasteiger partial charge in [-0.05, 0) is 30.1 Å². The molecule has 0 atom stereocenters. The molecule has 0 unspecified atom stereocenters. The molecular weight excluding hydrogens is 1690 g/mol. The van der Waals surface area contributed by atoms with Gasteiger partial charge >= 0.3 is 104 Å². The molecule has 3 aliphatic rings. The summed E-state index contributed by atoms with van der Waals surface area (Å²) < 4.78 is 74.1. The third-order valence-corrected chi connectivity index (χ3v) is 256. The second-order valence-electron chi connectivity index (χ2n) is 13.7. The minimum absolute atomic E-state index is 0. The quantitative estimate of drug-likeness (QED) is 0.100. The number of nitriles is 2. The fourth-order valence-electron chi connectivity index (χ4n) is 5.62. The summed E-state index contributed by atoms with van der Waals surface area (Å²) in [4.78, 5) is 63.0. The Morgan fingerprint density at radius 3 is 1.56 bits per heavy atom. The van der Waals surface area contributed by atoms with Crippen LogP contribution in [0.1, 0.15) is 73.3 Å². The van der Waals surface area contributed by atoms with E-state index in [0.717, 1.165) is 24.3 Å². The number of nitrogens with zero attached hydrogens (tertiary/aromatic N) is 7. The number of ketones is 3. The molecule has 6 rings (SSSR count). The number of anilines is 2. The zero-order chi connectivity index (χ0) is 49.2. The van der Waals surface area contributed by atoms with Crippen LogP contribution in [0.2, 0.25) is 0 Å². The zero-order valence-corrected chi connectivity index (χ0v) is 49.6. The van der Waals surface area contributed by atoms with Gasteiger partial charge < -0.3 is 14.2 Å². The van der Waals surface area contributed by atoms with Gasteiger partial charge in [0.1, 0.15) is 23.6 Å². The first-order valence-electron chi connectivity index (χ1n) is 18.3. The molecule has 2 aromatic carbocycles. The number of rotatable bonds is 11. The van der Waals surface area contributed by atoms with Crippen molar-refractivity contribution in [3.8, 4) is 35.3 Å². The molecule has 0 fully saturated rings. The number of methoxy groups -OCH3 is 1. The van der Waals surface area contributed by atoms with E-state index in [1.807, 2.05) is 27.7 Å². The molecule has 0 spiro atoms. The average Bonchev–Trinajstić information content (AvgIpc) is 3.26. The fraction of sp³-hybridized carbons (Fsp3) is 0.286. The SMILES string of the molecule is C.C.CC(C)C1=CC(Oc2c(F)cc(N3N=C(C#N)C(=O)CC3=O)cc2F)=CCC1=O.COc1ncc(Oc2c(F)cc(N3N=C(C#N)C(=O)CC3=O)cc2F)cc1C(C)C.I[I-]I(I)I(I)I. The van der Waals surface area contributed by atoms with Gasteiger partial charge in [-0.1, -0.05) is 42.5 Å². The van der Waals surface area contributed by atoms with Gasteiger partial charge in [0, 0.05) is 41.8 Å². The van der Waals surface area contributed by atoms with Crippen molar-refractivity contribution in [1.29, 1.82) is 10.5 Å². The number of allylic oxidation sites excluding steroid dienone is 3. The molecule has 2 aliphatic heterocycles. The molecule has 0 saturated carbocycles. The van der Waals surface area contributed by atoms with E-state index < -0.39 is 82.4 Å². The molecule has 368 valence electrons. The number of halogens is 11. The van der Waals surface area contributed by atoms with Gasteiger partial charge in [0.15, 0.2) is 40.6 Å². The summed E-state index contributed by atoms with van der Waals surface area (Å²) in [6, 6.07) is 7.92. The van der Waals surface area contributed by atoms with Crippen LogP contribution in [0.4, 0.5) is 28.9 Å². The summed E-state index contributed by atoms with van der Waals surface area (Å²) in [5, 5.41) is 26.1. The van der Waals surface area contributed by atoms with Crippen LogP contribution in [0.3, 0.4) is 0 Å². The summed E-state index contributed by atoms with van der Waals surface area (Å²) >= 11 is 11.4. The molecule has 3 heterocycles. The molecule has 0 saturated heterocycles. The van der Waals surface area contributed by atoms with Gasteiger partial charge in [0.2, 0.25) is 28.9 Å². The molecule has 2 amide bonds. The Bertz CT molecular complexity index is 2630. The molecule has 1 aromatic heterocycles. The first-order chi connectivity index (χ1) is 31.1. The molecule has 26 heteroatoms. The van der Waals surface area contributed by atoms with Crippen LogP contribution < -0.4 is 37.5 Å². The summed E-state index contributed by atoms with van der Waals surface area (Å²) in [6.45, 7) is 7.43. The predicted octanol–water partition coefficient (Wildman–Crippen LogP) is 10.0. The Labute approximate surface area is 445 Å². The molecule has 1 aliphatic carbocycles. The van der Waals surface area contributed by atoms with Crippen molar-refractivity contribution in [2.45, 2.75) is 67.7 Å². The van der Waals surface area contributed by atoms with Crippen molar-refractivity contribution in [1.82, 2.24) is 4.98 Å². The maximum absolute atomic E-state index is 14.6. The van der Waals surface area contributed by atoms with Gasteiger partial charge in [-0.25, -0.2) is 22.5 Å². The number of Topliss-reactive ketones (excluding diaryl/α,β-unsaturated/α-hetero) is 3. The van der Waals surface area contributed by atoms with Crippen LogP contribution in [-0.2, 0) is 24.0 Å². The van der Waals surface area contributed by atoms with Crippen molar-refractivity contribution in [3.63, 3.8) is 0 Å². The van der Waals surface area contributed by atoms with Gasteiger partial charge in [-0.15, -0.1) is 0 Å².